The van der Waals surface area contributed by atoms with E-state index in [1.807, 2.05) is 0 Å². The quantitative estimate of drug-likeness (QED) is 0.843. The molecule has 1 amide bonds. The zero-order valence-corrected chi connectivity index (χ0v) is 12.5. The Hall–Kier alpha value is -2.36. The van der Waals surface area contributed by atoms with Crippen molar-refractivity contribution in [2.45, 2.75) is 25.4 Å². The summed E-state index contributed by atoms with van der Waals surface area (Å²) in [6.07, 6.45) is 1.96. The minimum atomic E-state index is -0.268. The van der Waals surface area contributed by atoms with Crippen molar-refractivity contribution in [2.75, 3.05) is 7.11 Å². The van der Waals surface area contributed by atoms with Crippen molar-refractivity contribution < 1.29 is 13.9 Å². The molecule has 1 saturated carbocycles. The van der Waals surface area contributed by atoms with E-state index in [0.29, 0.717) is 23.4 Å². The van der Waals surface area contributed by atoms with Crippen molar-refractivity contribution in [1.82, 2.24) is 4.90 Å². The molecule has 2 aromatic rings. The molecule has 0 aromatic heterocycles. The molecule has 0 N–H and O–H groups in total. The lowest BCUT2D eigenvalue weighted by Gasteiger charge is -2.23. The number of hydrogen-bond donors (Lipinski definition) is 0. The highest BCUT2D eigenvalue weighted by Crippen LogP contribution is 2.30. The Morgan fingerprint density at radius 3 is 2.45 bits per heavy atom. The first kappa shape index (κ1) is 14.6. The molecule has 1 aliphatic rings. The smallest absolute Gasteiger partial charge is 0.254 e. The molecule has 4 heteroatoms. The molecule has 2 aromatic carbocycles. The van der Waals surface area contributed by atoms with Gasteiger partial charge in [-0.15, -0.1) is 0 Å². The molecule has 0 heterocycles. The number of rotatable bonds is 5. The third kappa shape index (κ3) is 3.11. The largest absolute Gasteiger partial charge is 0.497 e. The summed E-state index contributed by atoms with van der Waals surface area (Å²) < 4.78 is 18.9. The lowest BCUT2D eigenvalue weighted by atomic mass is 10.1. The van der Waals surface area contributed by atoms with Gasteiger partial charge in [0.25, 0.3) is 5.91 Å². The molecule has 0 bridgehead atoms. The number of nitrogens with zero attached hydrogens (tertiary/aromatic N) is 1. The Bertz CT molecular complexity index is 665. The highest BCUT2D eigenvalue weighted by molar-refractivity contribution is 5.94. The normalized spacial score (nSPS) is 13.7. The molecule has 0 saturated heterocycles. The van der Waals surface area contributed by atoms with Gasteiger partial charge in [0, 0.05) is 23.7 Å². The van der Waals surface area contributed by atoms with Gasteiger partial charge in [-0.3, -0.25) is 4.79 Å². The van der Waals surface area contributed by atoms with E-state index in [1.165, 1.54) is 6.07 Å². The van der Waals surface area contributed by atoms with Crippen molar-refractivity contribution in [3.8, 4) is 5.75 Å². The van der Waals surface area contributed by atoms with Crippen molar-refractivity contribution in [2.24, 2.45) is 0 Å². The van der Waals surface area contributed by atoms with E-state index in [1.54, 1.807) is 54.5 Å². The molecule has 1 fully saturated rings. The molecule has 3 nitrogen and oxygen atoms in total. The van der Waals surface area contributed by atoms with Gasteiger partial charge < -0.3 is 9.64 Å². The predicted octanol–water partition coefficient (Wildman–Crippen LogP) is 3.64. The van der Waals surface area contributed by atoms with Crippen LogP contribution in [0.2, 0.25) is 0 Å². The summed E-state index contributed by atoms with van der Waals surface area (Å²) in [4.78, 5) is 14.5. The predicted molar refractivity (Wildman–Crippen MR) is 82.3 cm³/mol. The highest BCUT2D eigenvalue weighted by atomic mass is 19.1. The van der Waals surface area contributed by atoms with Gasteiger partial charge in [-0.25, -0.2) is 4.39 Å². The van der Waals surface area contributed by atoms with Gasteiger partial charge in [-0.1, -0.05) is 18.2 Å². The van der Waals surface area contributed by atoms with Gasteiger partial charge in [-0.05, 0) is 43.2 Å². The van der Waals surface area contributed by atoms with E-state index in [0.717, 1.165) is 12.8 Å². The van der Waals surface area contributed by atoms with Crippen LogP contribution < -0.4 is 4.74 Å². The molecule has 0 spiro atoms. The molecule has 3 rings (SSSR count). The van der Waals surface area contributed by atoms with Crippen LogP contribution in [-0.2, 0) is 6.54 Å². The fourth-order valence-electron chi connectivity index (χ4n) is 2.46. The third-order valence-corrected chi connectivity index (χ3v) is 3.88. The van der Waals surface area contributed by atoms with E-state index in [9.17, 15) is 9.18 Å². The first-order valence-electron chi connectivity index (χ1n) is 7.37. The number of carbonyl (C=O) groups is 1. The zero-order valence-electron chi connectivity index (χ0n) is 12.5. The van der Waals surface area contributed by atoms with E-state index < -0.39 is 0 Å². The van der Waals surface area contributed by atoms with Crippen LogP contribution in [0.3, 0.4) is 0 Å². The summed E-state index contributed by atoms with van der Waals surface area (Å²) in [6, 6.07) is 13.9. The van der Waals surface area contributed by atoms with E-state index in [4.69, 9.17) is 4.74 Å². The van der Waals surface area contributed by atoms with Crippen LogP contribution in [-0.4, -0.2) is 24.0 Å². The minimum absolute atomic E-state index is 0.0617. The minimum Gasteiger partial charge on any atom is -0.497 e. The summed E-state index contributed by atoms with van der Waals surface area (Å²) >= 11 is 0. The van der Waals surface area contributed by atoms with Gasteiger partial charge in [0.05, 0.1) is 7.11 Å². The van der Waals surface area contributed by atoms with Crippen molar-refractivity contribution >= 4 is 5.91 Å². The van der Waals surface area contributed by atoms with Crippen LogP contribution >= 0.6 is 0 Å². The first-order chi connectivity index (χ1) is 10.7. The van der Waals surface area contributed by atoms with E-state index >= 15 is 0 Å². The molecule has 1 aliphatic carbocycles. The van der Waals surface area contributed by atoms with Crippen LogP contribution in [0.25, 0.3) is 0 Å². The molecule has 22 heavy (non-hydrogen) atoms. The maximum Gasteiger partial charge on any atom is 0.254 e. The van der Waals surface area contributed by atoms with Crippen molar-refractivity contribution in [3.05, 3.63) is 65.5 Å². The fourth-order valence-corrected chi connectivity index (χ4v) is 2.46. The number of hydrogen-bond acceptors (Lipinski definition) is 2. The van der Waals surface area contributed by atoms with Crippen LogP contribution in [0, 0.1) is 5.82 Å². The summed E-state index contributed by atoms with van der Waals surface area (Å²) in [5.41, 5.74) is 1.15. The second kappa shape index (κ2) is 6.18. The Labute approximate surface area is 129 Å². The average Bonchev–Trinajstić information content (AvgIpc) is 3.38. The van der Waals surface area contributed by atoms with E-state index in [-0.39, 0.29) is 17.8 Å². The highest BCUT2D eigenvalue weighted by Gasteiger charge is 2.33. The Balaban J connectivity index is 1.81. The molecular formula is C18H18FNO2. The molecular weight excluding hydrogens is 281 g/mol. The van der Waals surface area contributed by atoms with Gasteiger partial charge >= 0.3 is 0 Å². The molecule has 114 valence electrons. The fraction of sp³-hybridized carbons (Fsp3) is 0.278. The lowest BCUT2D eigenvalue weighted by molar-refractivity contribution is 0.0728. The molecule has 0 atom stereocenters. The van der Waals surface area contributed by atoms with Gasteiger partial charge in [0.15, 0.2) is 0 Å². The second-order valence-corrected chi connectivity index (χ2v) is 5.48. The Morgan fingerprint density at radius 2 is 1.86 bits per heavy atom. The second-order valence-electron chi connectivity index (χ2n) is 5.48. The van der Waals surface area contributed by atoms with Gasteiger partial charge in [-0.2, -0.15) is 0 Å². The summed E-state index contributed by atoms with van der Waals surface area (Å²) in [5.74, 6) is 0.382. The Morgan fingerprint density at radius 1 is 1.18 bits per heavy atom. The maximum atomic E-state index is 13.8. The first-order valence-corrected chi connectivity index (χ1v) is 7.37. The van der Waals surface area contributed by atoms with Crippen LogP contribution in [0.4, 0.5) is 4.39 Å². The SMILES string of the molecule is COc1ccc(C(=O)N(Cc2ccccc2F)C2CC2)cc1. The number of methoxy groups -OCH3 is 1. The van der Waals surface area contributed by atoms with Crippen LogP contribution in [0.15, 0.2) is 48.5 Å². The zero-order chi connectivity index (χ0) is 15.5. The number of ether oxygens (including phenoxy) is 1. The number of carbonyl (C=O) groups excluding carboxylic acids is 1. The topological polar surface area (TPSA) is 29.5 Å². The maximum absolute atomic E-state index is 13.8. The summed E-state index contributed by atoms with van der Waals surface area (Å²) in [5, 5.41) is 0. The lowest BCUT2D eigenvalue weighted by Crippen LogP contribution is -2.32. The summed E-state index contributed by atoms with van der Waals surface area (Å²) in [7, 11) is 1.59. The number of benzene rings is 2. The van der Waals surface area contributed by atoms with E-state index in [2.05, 4.69) is 0 Å². The molecule has 0 aliphatic heterocycles. The molecule has 0 unspecified atom stereocenters. The Kier molecular flexibility index (Phi) is 4.09. The molecule has 0 radical (unpaired) electrons. The summed E-state index contributed by atoms with van der Waals surface area (Å²) in [6.45, 7) is 0.308. The monoisotopic (exact) mass is 299 g/mol. The van der Waals surface area contributed by atoms with Crippen molar-refractivity contribution in [1.29, 1.82) is 0 Å². The third-order valence-electron chi connectivity index (χ3n) is 3.88. The van der Waals surface area contributed by atoms with Crippen LogP contribution in [0.1, 0.15) is 28.8 Å². The van der Waals surface area contributed by atoms with Gasteiger partial charge in [0.2, 0.25) is 0 Å². The van der Waals surface area contributed by atoms with Crippen LogP contribution in [0.5, 0.6) is 5.75 Å². The standard InChI is InChI=1S/C18H18FNO2/c1-22-16-10-6-13(7-11-16)18(21)20(15-8-9-15)12-14-4-2-3-5-17(14)19/h2-7,10-11,15H,8-9,12H2,1H3. The average molecular weight is 299 g/mol. The van der Waals surface area contributed by atoms with Crippen molar-refractivity contribution in [3.63, 3.8) is 0 Å². The number of amides is 1. The van der Waals surface area contributed by atoms with Gasteiger partial charge in [0.1, 0.15) is 11.6 Å². The number of halogens is 1.